The van der Waals surface area contributed by atoms with Crippen LogP contribution >= 0.6 is 11.6 Å². The number of benzene rings is 1. The zero-order chi connectivity index (χ0) is 16.7. The van der Waals surface area contributed by atoms with E-state index in [9.17, 15) is 4.79 Å². The first kappa shape index (κ1) is 17.8. The third-order valence-electron chi connectivity index (χ3n) is 3.37. The van der Waals surface area contributed by atoms with Gasteiger partial charge in [0.2, 0.25) is 5.91 Å². The molecule has 23 heavy (non-hydrogen) atoms. The molecule has 128 valence electrons. The molecule has 1 heterocycles. The van der Waals surface area contributed by atoms with Crippen molar-refractivity contribution in [2.24, 2.45) is 0 Å². The molecule has 1 amide bonds. The SMILES string of the molecule is COCCCNC(=O)CN(C)Cc1cc(Cl)c2c(c1)OCCO2. The van der Waals surface area contributed by atoms with Crippen LogP contribution in [0.15, 0.2) is 12.1 Å². The number of carbonyl (C=O) groups is 1. The van der Waals surface area contributed by atoms with Gasteiger partial charge in [0.1, 0.15) is 13.2 Å². The quantitative estimate of drug-likeness (QED) is 0.729. The number of nitrogens with zero attached hydrogens (tertiary/aromatic N) is 1. The first-order valence-electron chi connectivity index (χ1n) is 7.62. The average Bonchev–Trinajstić information content (AvgIpc) is 2.51. The Labute approximate surface area is 141 Å². The second-order valence-electron chi connectivity index (χ2n) is 5.47. The third kappa shape index (κ3) is 5.57. The van der Waals surface area contributed by atoms with E-state index in [4.69, 9.17) is 25.8 Å². The van der Waals surface area contributed by atoms with E-state index in [1.54, 1.807) is 7.11 Å². The normalized spacial score (nSPS) is 13.2. The Morgan fingerprint density at radius 1 is 1.39 bits per heavy atom. The van der Waals surface area contributed by atoms with Gasteiger partial charge in [-0.3, -0.25) is 9.69 Å². The fourth-order valence-corrected chi connectivity index (χ4v) is 2.66. The molecule has 1 aliphatic heterocycles. The maximum absolute atomic E-state index is 11.8. The highest BCUT2D eigenvalue weighted by atomic mass is 35.5. The molecule has 0 radical (unpaired) electrons. The second-order valence-corrected chi connectivity index (χ2v) is 5.88. The second kappa shape index (κ2) is 8.96. The van der Waals surface area contributed by atoms with Gasteiger partial charge in [0.25, 0.3) is 0 Å². The van der Waals surface area contributed by atoms with Crippen LogP contribution in [0.1, 0.15) is 12.0 Å². The first-order chi connectivity index (χ1) is 11.1. The molecule has 1 aliphatic rings. The molecule has 0 aliphatic carbocycles. The number of fused-ring (bicyclic) bond motifs is 1. The molecule has 1 aromatic rings. The van der Waals surface area contributed by atoms with Crippen LogP contribution in [0.25, 0.3) is 0 Å². The predicted octanol–water partition coefficient (Wildman–Crippen LogP) is 1.70. The maximum Gasteiger partial charge on any atom is 0.234 e. The number of likely N-dealkylation sites (N-methyl/N-ethyl adjacent to an activating group) is 1. The van der Waals surface area contributed by atoms with Crippen molar-refractivity contribution in [3.05, 3.63) is 22.7 Å². The minimum Gasteiger partial charge on any atom is -0.486 e. The number of ether oxygens (including phenoxy) is 3. The number of methoxy groups -OCH3 is 1. The van der Waals surface area contributed by atoms with Crippen molar-refractivity contribution in [3.63, 3.8) is 0 Å². The Morgan fingerprint density at radius 2 is 2.17 bits per heavy atom. The number of rotatable bonds is 8. The van der Waals surface area contributed by atoms with Gasteiger partial charge in [-0.2, -0.15) is 0 Å². The highest BCUT2D eigenvalue weighted by Gasteiger charge is 2.17. The lowest BCUT2D eigenvalue weighted by Crippen LogP contribution is -2.35. The fraction of sp³-hybridized carbons (Fsp3) is 0.562. The molecule has 0 fully saturated rings. The summed E-state index contributed by atoms with van der Waals surface area (Å²) in [5, 5.41) is 3.40. The van der Waals surface area contributed by atoms with Gasteiger partial charge in [-0.25, -0.2) is 0 Å². The highest BCUT2D eigenvalue weighted by Crippen LogP contribution is 2.38. The number of halogens is 1. The highest BCUT2D eigenvalue weighted by molar-refractivity contribution is 6.32. The summed E-state index contributed by atoms with van der Waals surface area (Å²) in [6.45, 7) is 3.21. The third-order valence-corrected chi connectivity index (χ3v) is 3.65. The summed E-state index contributed by atoms with van der Waals surface area (Å²) < 4.78 is 16.0. The monoisotopic (exact) mass is 342 g/mol. The minimum atomic E-state index is -0.00718. The van der Waals surface area contributed by atoms with Crippen LogP contribution in [0.2, 0.25) is 5.02 Å². The van der Waals surface area contributed by atoms with Gasteiger partial charge in [0.15, 0.2) is 11.5 Å². The first-order valence-corrected chi connectivity index (χ1v) is 8.00. The molecule has 0 bridgehead atoms. The van der Waals surface area contributed by atoms with E-state index < -0.39 is 0 Å². The topological polar surface area (TPSA) is 60.0 Å². The van der Waals surface area contributed by atoms with E-state index in [-0.39, 0.29) is 5.91 Å². The summed E-state index contributed by atoms with van der Waals surface area (Å²) in [7, 11) is 3.54. The molecule has 2 rings (SSSR count). The summed E-state index contributed by atoms with van der Waals surface area (Å²) in [5.74, 6) is 1.25. The van der Waals surface area contributed by atoms with Gasteiger partial charge in [-0.05, 0) is 31.2 Å². The smallest absolute Gasteiger partial charge is 0.234 e. The van der Waals surface area contributed by atoms with Crippen LogP contribution < -0.4 is 14.8 Å². The van der Waals surface area contributed by atoms with E-state index >= 15 is 0 Å². The van der Waals surface area contributed by atoms with Gasteiger partial charge in [0, 0.05) is 26.8 Å². The summed E-state index contributed by atoms with van der Waals surface area (Å²) in [4.78, 5) is 13.8. The number of hydrogen-bond acceptors (Lipinski definition) is 5. The van der Waals surface area contributed by atoms with E-state index in [1.807, 2.05) is 24.1 Å². The van der Waals surface area contributed by atoms with Crippen molar-refractivity contribution < 1.29 is 19.0 Å². The molecule has 0 atom stereocenters. The van der Waals surface area contributed by atoms with Crippen molar-refractivity contribution in [2.75, 3.05) is 47.1 Å². The van der Waals surface area contributed by atoms with E-state index in [0.29, 0.717) is 56.0 Å². The summed E-state index contributed by atoms with van der Waals surface area (Å²) in [6, 6.07) is 3.76. The van der Waals surface area contributed by atoms with Gasteiger partial charge in [0.05, 0.1) is 11.6 Å². The lowest BCUT2D eigenvalue weighted by atomic mass is 10.2. The largest absolute Gasteiger partial charge is 0.486 e. The Bertz CT molecular complexity index is 539. The molecular formula is C16H23ClN2O4. The van der Waals surface area contributed by atoms with Crippen molar-refractivity contribution in [1.82, 2.24) is 10.2 Å². The number of hydrogen-bond donors (Lipinski definition) is 1. The Hall–Kier alpha value is -1.50. The van der Waals surface area contributed by atoms with Gasteiger partial charge < -0.3 is 19.5 Å². The Balaban J connectivity index is 1.84. The molecule has 0 saturated carbocycles. The van der Waals surface area contributed by atoms with Crippen molar-refractivity contribution >= 4 is 17.5 Å². The van der Waals surface area contributed by atoms with Crippen LogP contribution in [0.4, 0.5) is 0 Å². The molecular weight excluding hydrogens is 320 g/mol. The van der Waals surface area contributed by atoms with Crippen LogP contribution in [0, 0.1) is 0 Å². The zero-order valence-corrected chi connectivity index (χ0v) is 14.3. The van der Waals surface area contributed by atoms with Gasteiger partial charge in [-0.1, -0.05) is 11.6 Å². The number of nitrogens with one attached hydrogen (secondary N) is 1. The van der Waals surface area contributed by atoms with Crippen LogP contribution in [0.3, 0.4) is 0 Å². The molecule has 1 aromatic carbocycles. The fourth-order valence-electron chi connectivity index (χ4n) is 2.37. The average molecular weight is 343 g/mol. The predicted molar refractivity (Wildman–Crippen MR) is 88.3 cm³/mol. The summed E-state index contributed by atoms with van der Waals surface area (Å²) >= 11 is 6.22. The minimum absolute atomic E-state index is 0.00718. The molecule has 0 unspecified atom stereocenters. The van der Waals surface area contributed by atoms with Crippen LogP contribution in [-0.2, 0) is 16.1 Å². The zero-order valence-electron chi connectivity index (χ0n) is 13.6. The van der Waals surface area contributed by atoms with Crippen molar-refractivity contribution in [2.45, 2.75) is 13.0 Å². The van der Waals surface area contributed by atoms with Crippen molar-refractivity contribution in [1.29, 1.82) is 0 Å². The van der Waals surface area contributed by atoms with Crippen LogP contribution in [-0.4, -0.2) is 57.9 Å². The standard InChI is InChI=1S/C16H23ClN2O4/c1-19(11-15(20)18-4-3-5-21-2)10-12-8-13(17)16-14(9-12)22-6-7-23-16/h8-9H,3-7,10-11H2,1-2H3,(H,18,20). The Kier molecular flexibility index (Phi) is 6.95. The van der Waals surface area contributed by atoms with E-state index in [1.165, 1.54) is 0 Å². The Morgan fingerprint density at radius 3 is 2.96 bits per heavy atom. The van der Waals surface area contributed by atoms with E-state index in [2.05, 4.69) is 5.32 Å². The van der Waals surface area contributed by atoms with E-state index in [0.717, 1.165) is 12.0 Å². The summed E-state index contributed by atoms with van der Waals surface area (Å²) in [6.07, 6.45) is 0.809. The molecule has 1 N–H and O–H groups in total. The lowest BCUT2D eigenvalue weighted by molar-refractivity contribution is -0.122. The molecule has 0 saturated heterocycles. The van der Waals surface area contributed by atoms with Gasteiger partial charge in [-0.15, -0.1) is 0 Å². The lowest BCUT2D eigenvalue weighted by Gasteiger charge is -2.22. The van der Waals surface area contributed by atoms with Gasteiger partial charge >= 0.3 is 0 Å². The molecule has 7 heteroatoms. The molecule has 0 aromatic heterocycles. The number of amides is 1. The summed E-state index contributed by atoms with van der Waals surface area (Å²) in [5.41, 5.74) is 0.980. The molecule has 6 nitrogen and oxygen atoms in total. The van der Waals surface area contributed by atoms with Crippen molar-refractivity contribution in [3.8, 4) is 11.5 Å². The maximum atomic E-state index is 11.8. The number of carbonyl (C=O) groups excluding carboxylic acids is 1. The molecule has 0 spiro atoms. The van der Waals surface area contributed by atoms with Crippen LogP contribution in [0.5, 0.6) is 11.5 Å².